The zero-order valence-electron chi connectivity index (χ0n) is 9.11. The monoisotopic (exact) mass is 205 g/mol. The normalized spacial score (nSPS) is 15.5. The second-order valence-electron chi connectivity index (χ2n) is 4.31. The lowest BCUT2D eigenvalue weighted by Gasteiger charge is -2.04. The quantitative estimate of drug-likeness (QED) is 0.772. The first-order chi connectivity index (χ1) is 7.38. The number of rotatable bonds is 6. The van der Waals surface area contributed by atoms with Gasteiger partial charge in [0.05, 0.1) is 6.61 Å². The van der Waals surface area contributed by atoms with Crippen LogP contribution in [0.2, 0.25) is 0 Å². The lowest BCUT2D eigenvalue weighted by Crippen LogP contribution is -2.02. The van der Waals surface area contributed by atoms with E-state index in [0.29, 0.717) is 0 Å². The largest absolute Gasteiger partial charge is 0.376 e. The first kappa shape index (κ1) is 10.7. The highest BCUT2D eigenvalue weighted by atomic mass is 16.5. The van der Waals surface area contributed by atoms with E-state index in [1.807, 2.05) is 0 Å². The zero-order chi connectivity index (χ0) is 10.5. The average molecular weight is 205 g/mol. The summed E-state index contributed by atoms with van der Waals surface area (Å²) in [5, 5.41) is 0. The van der Waals surface area contributed by atoms with Crippen molar-refractivity contribution in [3.8, 4) is 0 Å². The SMILES string of the molecule is NCCc1ccc(COCC2CC2)cc1. The number of hydrogen-bond donors (Lipinski definition) is 1. The fourth-order valence-corrected chi connectivity index (χ4v) is 1.60. The molecule has 82 valence electrons. The van der Waals surface area contributed by atoms with Crippen LogP contribution in [0.1, 0.15) is 24.0 Å². The van der Waals surface area contributed by atoms with Crippen molar-refractivity contribution in [1.82, 2.24) is 0 Å². The minimum atomic E-state index is 0.720. The molecular weight excluding hydrogens is 186 g/mol. The molecule has 0 aliphatic heterocycles. The van der Waals surface area contributed by atoms with Crippen LogP contribution in [0.15, 0.2) is 24.3 Å². The second-order valence-corrected chi connectivity index (χ2v) is 4.31. The highest BCUT2D eigenvalue weighted by molar-refractivity contribution is 5.22. The van der Waals surface area contributed by atoms with Gasteiger partial charge in [-0.2, -0.15) is 0 Å². The maximum atomic E-state index is 5.62. The van der Waals surface area contributed by atoms with Crippen molar-refractivity contribution in [3.05, 3.63) is 35.4 Å². The Morgan fingerprint density at radius 2 is 1.80 bits per heavy atom. The third-order valence-electron chi connectivity index (χ3n) is 2.78. The van der Waals surface area contributed by atoms with Gasteiger partial charge in [-0.3, -0.25) is 0 Å². The minimum absolute atomic E-state index is 0.720. The Bertz CT molecular complexity index is 290. The van der Waals surface area contributed by atoms with Crippen molar-refractivity contribution >= 4 is 0 Å². The van der Waals surface area contributed by atoms with Crippen molar-refractivity contribution < 1.29 is 4.74 Å². The molecule has 2 rings (SSSR count). The molecule has 0 bridgehead atoms. The summed E-state index contributed by atoms with van der Waals surface area (Å²) in [5.41, 5.74) is 8.06. The first-order valence-electron chi connectivity index (χ1n) is 5.74. The molecule has 1 aliphatic carbocycles. The number of benzene rings is 1. The van der Waals surface area contributed by atoms with Gasteiger partial charge in [0, 0.05) is 6.61 Å². The van der Waals surface area contributed by atoms with Gasteiger partial charge >= 0.3 is 0 Å². The third kappa shape index (κ3) is 3.65. The molecule has 1 aliphatic rings. The molecule has 0 aromatic heterocycles. The number of hydrogen-bond acceptors (Lipinski definition) is 2. The van der Waals surface area contributed by atoms with E-state index in [1.54, 1.807) is 0 Å². The fraction of sp³-hybridized carbons (Fsp3) is 0.538. The summed E-state index contributed by atoms with van der Waals surface area (Å²) in [5.74, 6) is 0.849. The molecule has 0 spiro atoms. The maximum absolute atomic E-state index is 5.62. The van der Waals surface area contributed by atoms with Gasteiger partial charge in [0.2, 0.25) is 0 Å². The van der Waals surface area contributed by atoms with Crippen LogP contribution in [0.3, 0.4) is 0 Å². The predicted molar refractivity (Wildman–Crippen MR) is 61.6 cm³/mol. The molecule has 1 fully saturated rings. The maximum Gasteiger partial charge on any atom is 0.0717 e. The van der Waals surface area contributed by atoms with Crippen LogP contribution in [0, 0.1) is 5.92 Å². The highest BCUT2D eigenvalue weighted by Gasteiger charge is 2.20. The van der Waals surface area contributed by atoms with E-state index in [-0.39, 0.29) is 0 Å². The molecule has 0 heterocycles. The summed E-state index contributed by atoms with van der Waals surface area (Å²) in [7, 11) is 0. The smallest absolute Gasteiger partial charge is 0.0717 e. The standard InChI is InChI=1S/C13H19NO/c14-8-7-11-1-3-12(4-2-11)9-15-10-13-5-6-13/h1-4,13H,5-10,14H2. The third-order valence-corrected chi connectivity index (χ3v) is 2.78. The zero-order valence-corrected chi connectivity index (χ0v) is 9.11. The Kier molecular flexibility index (Phi) is 3.75. The van der Waals surface area contributed by atoms with E-state index in [4.69, 9.17) is 10.5 Å². The molecule has 0 unspecified atom stereocenters. The van der Waals surface area contributed by atoms with Crippen molar-refractivity contribution in [2.24, 2.45) is 11.7 Å². The summed E-state index contributed by atoms with van der Waals surface area (Å²) >= 11 is 0. The molecule has 0 radical (unpaired) electrons. The van der Waals surface area contributed by atoms with E-state index >= 15 is 0 Å². The lowest BCUT2D eigenvalue weighted by atomic mass is 10.1. The van der Waals surface area contributed by atoms with E-state index in [1.165, 1.54) is 24.0 Å². The van der Waals surface area contributed by atoms with Crippen LogP contribution in [0.25, 0.3) is 0 Å². The Morgan fingerprint density at radius 1 is 1.13 bits per heavy atom. The van der Waals surface area contributed by atoms with Crippen LogP contribution in [0.5, 0.6) is 0 Å². The first-order valence-corrected chi connectivity index (χ1v) is 5.74. The number of ether oxygens (including phenoxy) is 1. The molecule has 2 heteroatoms. The van der Waals surface area contributed by atoms with Gasteiger partial charge in [-0.25, -0.2) is 0 Å². The second kappa shape index (κ2) is 5.29. The molecule has 0 atom stereocenters. The number of nitrogens with two attached hydrogens (primary N) is 1. The molecule has 1 aromatic carbocycles. The average Bonchev–Trinajstić information content (AvgIpc) is 3.05. The van der Waals surface area contributed by atoms with Gasteiger partial charge < -0.3 is 10.5 Å². The Hall–Kier alpha value is -0.860. The molecular formula is C13H19NO. The molecule has 2 nitrogen and oxygen atoms in total. The van der Waals surface area contributed by atoms with Crippen molar-refractivity contribution in [2.75, 3.05) is 13.2 Å². The van der Waals surface area contributed by atoms with Crippen LogP contribution >= 0.6 is 0 Å². The van der Waals surface area contributed by atoms with Gasteiger partial charge in [-0.15, -0.1) is 0 Å². The van der Waals surface area contributed by atoms with Gasteiger partial charge in [0.1, 0.15) is 0 Å². The highest BCUT2D eigenvalue weighted by Crippen LogP contribution is 2.29. The van der Waals surface area contributed by atoms with Crippen LogP contribution in [-0.2, 0) is 17.8 Å². The van der Waals surface area contributed by atoms with Crippen molar-refractivity contribution in [3.63, 3.8) is 0 Å². The molecule has 15 heavy (non-hydrogen) atoms. The summed E-state index contributed by atoms with van der Waals surface area (Å²) in [6.07, 6.45) is 3.67. The van der Waals surface area contributed by atoms with Crippen LogP contribution in [0.4, 0.5) is 0 Å². The van der Waals surface area contributed by atoms with Crippen molar-refractivity contribution in [2.45, 2.75) is 25.9 Å². The van der Waals surface area contributed by atoms with Crippen LogP contribution < -0.4 is 5.73 Å². The van der Waals surface area contributed by atoms with Gasteiger partial charge in [0.15, 0.2) is 0 Å². The van der Waals surface area contributed by atoms with Gasteiger partial charge in [-0.05, 0) is 42.9 Å². The van der Waals surface area contributed by atoms with Gasteiger partial charge in [-0.1, -0.05) is 24.3 Å². The summed E-state index contributed by atoms with van der Waals surface area (Å²) in [4.78, 5) is 0. The van der Waals surface area contributed by atoms with E-state index in [2.05, 4.69) is 24.3 Å². The Labute approximate surface area is 91.4 Å². The molecule has 2 N–H and O–H groups in total. The molecule has 0 amide bonds. The molecule has 1 saturated carbocycles. The Morgan fingerprint density at radius 3 is 2.40 bits per heavy atom. The van der Waals surface area contributed by atoms with Crippen molar-refractivity contribution in [1.29, 1.82) is 0 Å². The predicted octanol–water partition coefficient (Wildman–Crippen LogP) is 2.11. The fourth-order valence-electron chi connectivity index (χ4n) is 1.60. The summed E-state index contributed by atoms with van der Waals surface area (Å²) in [6, 6.07) is 8.56. The minimum Gasteiger partial charge on any atom is -0.376 e. The van der Waals surface area contributed by atoms with Gasteiger partial charge in [0.25, 0.3) is 0 Å². The van der Waals surface area contributed by atoms with E-state index < -0.39 is 0 Å². The lowest BCUT2D eigenvalue weighted by molar-refractivity contribution is 0.111. The summed E-state index contributed by atoms with van der Waals surface area (Å²) < 4.78 is 5.62. The Balaban J connectivity index is 1.75. The van der Waals surface area contributed by atoms with Crippen LogP contribution in [-0.4, -0.2) is 13.2 Å². The van der Waals surface area contributed by atoms with E-state index in [0.717, 1.165) is 32.1 Å². The van der Waals surface area contributed by atoms with E-state index in [9.17, 15) is 0 Å². The molecule has 1 aromatic rings. The summed E-state index contributed by atoms with van der Waals surface area (Å²) in [6.45, 7) is 2.40. The molecule has 0 saturated heterocycles. The topological polar surface area (TPSA) is 35.2 Å².